The van der Waals surface area contributed by atoms with Crippen LogP contribution >= 0.6 is 15.9 Å². The quantitative estimate of drug-likeness (QED) is 0.788. The van der Waals surface area contributed by atoms with Gasteiger partial charge in [0.1, 0.15) is 4.60 Å². The van der Waals surface area contributed by atoms with E-state index in [1.54, 1.807) is 0 Å². The Morgan fingerprint density at radius 2 is 2.31 bits per heavy atom. The molecule has 3 N–H and O–H groups in total. The van der Waals surface area contributed by atoms with Crippen molar-refractivity contribution in [3.05, 3.63) is 28.8 Å². The number of carbonyl (C=O) groups excluding carboxylic acids is 1. The number of nitrogens with zero attached hydrogens (tertiary/aromatic N) is 3. The molecule has 0 saturated carbocycles. The Morgan fingerprint density at radius 3 is 3.00 bits per heavy atom. The number of H-pyrrole nitrogens is 1. The van der Waals surface area contributed by atoms with Gasteiger partial charge in [0.15, 0.2) is 5.82 Å². The highest BCUT2D eigenvalue weighted by atomic mass is 79.9. The van der Waals surface area contributed by atoms with Crippen molar-refractivity contribution in [1.82, 2.24) is 20.2 Å². The Morgan fingerprint density at radius 1 is 1.50 bits per heavy atom. The number of aromatic amines is 1. The van der Waals surface area contributed by atoms with Crippen LogP contribution in [0.25, 0.3) is 0 Å². The maximum atomic E-state index is 11.5. The number of halogens is 1. The second-order valence-corrected chi connectivity index (χ2v) is 3.57. The molecule has 0 aromatic carbocycles. The van der Waals surface area contributed by atoms with Crippen molar-refractivity contribution in [2.45, 2.75) is 0 Å². The normalized spacial score (nSPS) is 10.1. The number of nitrogens with two attached hydrogens (primary N) is 1. The third kappa shape index (κ3) is 2.16. The maximum Gasteiger partial charge on any atom is 0.348 e. The van der Waals surface area contributed by atoms with Gasteiger partial charge in [-0.2, -0.15) is 5.10 Å². The minimum atomic E-state index is -0.604. The average molecular weight is 284 g/mol. The summed E-state index contributed by atoms with van der Waals surface area (Å²) in [5.41, 5.74) is 5.77. The van der Waals surface area contributed by atoms with Gasteiger partial charge in [0.25, 0.3) is 5.88 Å². The highest BCUT2D eigenvalue weighted by Crippen LogP contribution is 2.19. The number of nitrogens with one attached hydrogen (secondary N) is 1. The first-order valence-corrected chi connectivity index (χ1v) is 4.95. The molecule has 2 aromatic rings. The highest BCUT2D eigenvalue weighted by molar-refractivity contribution is 9.10. The first-order chi connectivity index (χ1) is 7.66. The molecule has 82 valence electrons. The molecule has 2 heterocycles. The summed E-state index contributed by atoms with van der Waals surface area (Å²) in [7, 11) is 0. The van der Waals surface area contributed by atoms with Crippen LogP contribution in [0.15, 0.2) is 23.2 Å². The van der Waals surface area contributed by atoms with Gasteiger partial charge in [-0.25, -0.2) is 14.8 Å². The van der Waals surface area contributed by atoms with Crippen molar-refractivity contribution < 1.29 is 9.53 Å². The molecule has 0 aliphatic heterocycles. The summed E-state index contributed by atoms with van der Waals surface area (Å²) in [6.45, 7) is 0. The van der Waals surface area contributed by atoms with Gasteiger partial charge in [0.2, 0.25) is 0 Å². The molecule has 0 saturated heterocycles. The van der Waals surface area contributed by atoms with Crippen LogP contribution in [0.4, 0.5) is 5.82 Å². The van der Waals surface area contributed by atoms with Crippen LogP contribution in [0.5, 0.6) is 5.88 Å². The molecule has 0 amide bonds. The van der Waals surface area contributed by atoms with Crippen LogP contribution in [0.1, 0.15) is 10.4 Å². The SMILES string of the molecule is Nc1ncc(Br)nc1OC(=O)c1cn[nH]c1. The van der Waals surface area contributed by atoms with E-state index in [1.807, 2.05) is 0 Å². The zero-order valence-corrected chi connectivity index (χ0v) is 9.43. The molecule has 0 aliphatic carbocycles. The number of aromatic nitrogens is 4. The fraction of sp³-hybridized carbons (Fsp3) is 0. The van der Waals surface area contributed by atoms with Crippen LogP contribution in [-0.4, -0.2) is 26.1 Å². The number of rotatable bonds is 2. The Kier molecular flexibility index (Phi) is 2.82. The molecule has 0 atom stereocenters. The van der Waals surface area contributed by atoms with E-state index >= 15 is 0 Å². The second-order valence-electron chi connectivity index (χ2n) is 2.76. The van der Waals surface area contributed by atoms with Crippen LogP contribution in [-0.2, 0) is 0 Å². The Bertz CT molecular complexity index is 513. The number of esters is 1. The minimum Gasteiger partial charge on any atom is -0.400 e. The van der Waals surface area contributed by atoms with Gasteiger partial charge in [0, 0.05) is 6.20 Å². The van der Waals surface area contributed by atoms with Crippen molar-refractivity contribution in [3.8, 4) is 5.88 Å². The Hall–Kier alpha value is -1.96. The van der Waals surface area contributed by atoms with Gasteiger partial charge in [-0.3, -0.25) is 5.10 Å². The van der Waals surface area contributed by atoms with Gasteiger partial charge >= 0.3 is 5.97 Å². The predicted molar refractivity (Wildman–Crippen MR) is 57.7 cm³/mol. The molecule has 0 bridgehead atoms. The van der Waals surface area contributed by atoms with Crippen molar-refractivity contribution in [2.75, 3.05) is 5.73 Å². The highest BCUT2D eigenvalue weighted by Gasteiger charge is 2.13. The van der Waals surface area contributed by atoms with Gasteiger partial charge in [-0.1, -0.05) is 0 Å². The molecule has 2 rings (SSSR count). The van der Waals surface area contributed by atoms with E-state index in [9.17, 15) is 4.79 Å². The van der Waals surface area contributed by atoms with E-state index in [2.05, 4.69) is 36.1 Å². The lowest BCUT2D eigenvalue weighted by Gasteiger charge is -2.03. The molecule has 0 aliphatic rings. The first kappa shape index (κ1) is 10.6. The van der Waals surface area contributed by atoms with E-state index in [4.69, 9.17) is 10.5 Å². The van der Waals surface area contributed by atoms with Gasteiger partial charge in [0.05, 0.1) is 18.0 Å². The molecule has 0 fully saturated rings. The molecule has 0 radical (unpaired) electrons. The standard InChI is InChI=1S/C8H6BrN5O2/c9-5-3-11-6(10)7(14-5)16-8(15)4-1-12-13-2-4/h1-3H,(H2,10,11)(H,12,13). The number of carbonyl (C=O) groups is 1. The van der Waals surface area contributed by atoms with Gasteiger partial charge in [-0.15, -0.1) is 0 Å². The molecular formula is C8H6BrN5O2. The number of ether oxygens (including phenoxy) is 1. The topological polar surface area (TPSA) is 107 Å². The summed E-state index contributed by atoms with van der Waals surface area (Å²) in [5, 5.41) is 6.12. The third-order valence-corrected chi connectivity index (χ3v) is 2.04. The fourth-order valence-electron chi connectivity index (χ4n) is 0.946. The molecular weight excluding hydrogens is 278 g/mol. The van der Waals surface area contributed by atoms with Crippen LogP contribution in [0, 0.1) is 0 Å². The summed E-state index contributed by atoms with van der Waals surface area (Å²) in [6, 6.07) is 0. The van der Waals surface area contributed by atoms with Crippen molar-refractivity contribution in [3.63, 3.8) is 0 Å². The third-order valence-electron chi connectivity index (χ3n) is 1.66. The second kappa shape index (κ2) is 4.27. The Balaban J connectivity index is 2.21. The Labute approximate surface area is 98.2 Å². The van der Waals surface area contributed by atoms with E-state index in [0.717, 1.165) is 0 Å². The molecule has 0 unspecified atom stereocenters. The summed E-state index contributed by atoms with van der Waals surface area (Å²) in [6.07, 6.45) is 4.15. The van der Waals surface area contributed by atoms with Crippen molar-refractivity contribution >= 4 is 27.7 Å². The van der Waals surface area contributed by atoms with Gasteiger partial charge < -0.3 is 10.5 Å². The summed E-state index contributed by atoms with van der Waals surface area (Å²) >= 11 is 3.10. The van der Waals surface area contributed by atoms with Crippen molar-refractivity contribution in [2.24, 2.45) is 0 Å². The zero-order valence-electron chi connectivity index (χ0n) is 7.85. The zero-order chi connectivity index (χ0) is 11.5. The molecule has 16 heavy (non-hydrogen) atoms. The van der Waals surface area contributed by atoms with Gasteiger partial charge in [-0.05, 0) is 15.9 Å². The monoisotopic (exact) mass is 283 g/mol. The molecule has 2 aromatic heterocycles. The first-order valence-electron chi connectivity index (χ1n) is 4.16. The van der Waals surface area contributed by atoms with Crippen LogP contribution in [0.3, 0.4) is 0 Å². The van der Waals surface area contributed by atoms with Crippen molar-refractivity contribution in [1.29, 1.82) is 0 Å². The van der Waals surface area contributed by atoms with E-state index in [0.29, 0.717) is 4.60 Å². The number of nitrogen functional groups attached to an aromatic ring is 1. The predicted octanol–water partition coefficient (Wildman–Crippen LogP) is 0.764. The maximum absolute atomic E-state index is 11.5. The lowest BCUT2D eigenvalue weighted by molar-refractivity contribution is 0.0728. The van der Waals surface area contributed by atoms with Crippen LogP contribution < -0.4 is 10.5 Å². The summed E-state index contributed by atoms with van der Waals surface area (Å²) in [4.78, 5) is 19.2. The van der Waals surface area contributed by atoms with E-state index in [-0.39, 0.29) is 17.3 Å². The van der Waals surface area contributed by atoms with E-state index in [1.165, 1.54) is 18.6 Å². The number of anilines is 1. The van der Waals surface area contributed by atoms with E-state index < -0.39 is 5.97 Å². The lowest BCUT2D eigenvalue weighted by Crippen LogP contribution is -2.11. The lowest BCUT2D eigenvalue weighted by atomic mass is 10.4. The number of hydrogen-bond donors (Lipinski definition) is 2. The molecule has 8 heteroatoms. The summed E-state index contributed by atoms with van der Waals surface area (Å²) < 4.78 is 5.37. The molecule has 7 nitrogen and oxygen atoms in total. The number of hydrogen-bond acceptors (Lipinski definition) is 6. The smallest absolute Gasteiger partial charge is 0.348 e. The fourth-order valence-corrected chi connectivity index (χ4v) is 1.21. The summed E-state index contributed by atoms with van der Waals surface area (Å²) in [5.74, 6) is -0.603. The molecule has 0 spiro atoms. The van der Waals surface area contributed by atoms with Crippen LogP contribution in [0.2, 0.25) is 0 Å². The largest absolute Gasteiger partial charge is 0.400 e. The minimum absolute atomic E-state index is 0.0411. The average Bonchev–Trinajstić information content (AvgIpc) is 2.76.